The Hall–Kier alpha value is -1.33. The molecule has 1 N–H and O–H groups in total. The van der Waals surface area contributed by atoms with Crippen LogP contribution >= 0.6 is 11.6 Å². The van der Waals surface area contributed by atoms with Crippen LogP contribution in [0, 0.1) is 5.82 Å². The van der Waals surface area contributed by atoms with E-state index in [0.29, 0.717) is 18.8 Å². The molecule has 4 nitrogen and oxygen atoms in total. The molecule has 6 heteroatoms. The molecule has 2 rings (SSSR count). The minimum atomic E-state index is -0.506. The summed E-state index contributed by atoms with van der Waals surface area (Å²) in [6.07, 6.45) is 0.0117. The van der Waals surface area contributed by atoms with Crippen LogP contribution in [0.2, 0.25) is 5.02 Å². The summed E-state index contributed by atoms with van der Waals surface area (Å²) in [6.45, 7) is 4.91. The molecule has 1 heterocycles. The van der Waals surface area contributed by atoms with E-state index in [1.54, 1.807) is 4.90 Å². The predicted octanol–water partition coefficient (Wildman–Crippen LogP) is 3.12. The summed E-state index contributed by atoms with van der Waals surface area (Å²) in [4.78, 5) is 13.8. The summed E-state index contributed by atoms with van der Waals surface area (Å²) in [7, 11) is 0. The van der Waals surface area contributed by atoms with Gasteiger partial charge in [0.25, 0.3) is 0 Å². The van der Waals surface area contributed by atoms with Crippen molar-refractivity contribution in [1.29, 1.82) is 0 Å². The molecule has 0 unspecified atom stereocenters. The second kappa shape index (κ2) is 5.75. The summed E-state index contributed by atoms with van der Waals surface area (Å²) in [6, 6.07) is 3.86. The van der Waals surface area contributed by atoms with Gasteiger partial charge in [-0.15, -0.1) is 0 Å². The monoisotopic (exact) mass is 286 g/mol. The van der Waals surface area contributed by atoms with E-state index in [2.05, 4.69) is 5.32 Å². The number of carbonyl (C=O) groups is 1. The second-order valence-corrected chi connectivity index (χ2v) is 5.13. The van der Waals surface area contributed by atoms with Gasteiger partial charge in [0.15, 0.2) is 0 Å². The van der Waals surface area contributed by atoms with Crippen LogP contribution in [0.3, 0.4) is 0 Å². The molecule has 1 aromatic rings. The SMILES string of the molecule is C[C@H]1CN(C(=O)Nc2ccc(F)c(Cl)c2)C[C@H](C)O1. The fourth-order valence-electron chi connectivity index (χ4n) is 2.12. The van der Waals surface area contributed by atoms with Gasteiger partial charge in [-0.3, -0.25) is 0 Å². The van der Waals surface area contributed by atoms with Crippen LogP contribution in [0.15, 0.2) is 18.2 Å². The topological polar surface area (TPSA) is 41.6 Å². The van der Waals surface area contributed by atoms with Crippen molar-refractivity contribution < 1.29 is 13.9 Å². The Balaban J connectivity index is 2.02. The molecule has 0 bridgehead atoms. The minimum absolute atomic E-state index is 0.00584. The average molecular weight is 287 g/mol. The quantitative estimate of drug-likeness (QED) is 0.862. The number of urea groups is 1. The van der Waals surface area contributed by atoms with Crippen molar-refractivity contribution in [3.05, 3.63) is 29.0 Å². The largest absolute Gasteiger partial charge is 0.372 e. The lowest BCUT2D eigenvalue weighted by Crippen LogP contribution is -2.49. The molecule has 1 aliphatic rings. The maximum Gasteiger partial charge on any atom is 0.322 e. The van der Waals surface area contributed by atoms with Gasteiger partial charge in [0.05, 0.1) is 17.2 Å². The van der Waals surface area contributed by atoms with E-state index in [4.69, 9.17) is 16.3 Å². The zero-order chi connectivity index (χ0) is 14.0. The van der Waals surface area contributed by atoms with Gasteiger partial charge in [0.1, 0.15) is 5.82 Å². The van der Waals surface area contributed by atoms with Gasteiger partial charge in [-0.2, -0.15) is 0 Å². The van der Waals surface area contributed by atoms with Crippen LogP contribution in [-0.4, -0.2) is 36.2 Å². The van der Waals surface area contributed by atoms with Gasteiger partial charge in [-0.25, -0.2) is 9.18 Å². The van der Waals surface area contributed by atoms with Crippen molar-refractivity contribution in [2.75, 3.05) is 18.4 Å². The first-order valence-electron chi connectivity index (χ1n) is 6.12. The Morgan fingerprint density at radius 2 is 2.05 bits per heavy atom. The molecule has 0 spiro atoms. The summed E-state index contributed by atoms with van der Waals surface area (Å²) < 4.78 is 18.6. The summed E-state index contributed by atoms with van der Waals surface area (Å²) in [5.41, 5.74) is 0.475. The third kappa shape index (κ3) is 3.58. The molecule has 0 radical (unpaired) electrons. The van der Waals surface area contributed by atoms with Gasteiger partial charge in [0, 0.05) is 18.8 Å². The third-order valence-corrected chi connectivity index (χ3v) is 3.17. The lowest BCUT2D eigenvalue weighted by molar-refractivity contribution is -0.0530. The zero-order valence-electron chi connectivity index (χ0n) is 10.8. The van der Waals surface area contributed by atoms with E-state index >= 15 is 0 Å². The molecule has 2 atom stereocenters. The van der Waals surface area contributed by atoms with E-state index in [1.807, 2.05) is 13.8 Å². The summed E-state index contributed by atoms with van der Waals surface area (Å²) in [5, 5.41) is 2.69. The molecule has 1 fully saturated rings. The molecule has 2 amide bonds. The number of hydrogen-bond donors (Lipinski definition) is 1. The first-order valence-corrected chi connectivity index (χ1v) is 6.50. The predicted molar refractivity (Wildman–Crippen MR) is 72.0 cm³/mol. The van der Waals surface area contributed by atoms with Crippen LogP contribution in [0.25, 0.3) is 0 Å². The molecular formula is C13H16ClFN2O2. The number of morpholine rings is 1. The van der Waals surface area contributed by atoms with Crippen molar-refractivity contribution >= 4 is 23.3 Å². The Labute approximate surface area is 116 Å². The average Bonchev–Trinajstić information content (AvgIpc) is 2.32. The molecule has 1 aliphatic heterocycles. The van der Waals surface area contributed by atoms with Crippen LogP contribution < -0.4 is 5.32 Å². The van der Waals surface area contributed by atoms with Crippen molar-refractivity contribution in [2.24, 2.45) is 0 Å². The molecule has 0 aliphatic carbocycles. The Morgan fingerprint density at radius 3 is 2.63 bits per heavy atom. The second-order valence-electron chi connectivity index (χ2n) is 4.72. The van der Waals surface area contributed by atoms with E-state index < -0.39 is 5.82 Å². The highest BCUT2D eigenvalue weighted by Gasteiger charge is 2.25. The molecule has 19 heavy (non-hydrogen) atoms. The Kier molecular flexibility index (Phi) is 4.27. The molecule has 1 saturated heterocycles. The lowest BCUT2D eigenvalue weighted by Gasteiger charge is -2.35. The van der Waals surface area contributed by atoms with Crippen LogP contribution in [0.4, 0.5) is 14.9 Å². The van der Waals surface area contributed by atoms with Crippen molar-refractivity contribution in [2.45, 2.75) is 26.1 Å². The van der Waals surface area contributed by atoms with E-state index in [0.717, 1.165) is 0 Å². The van der Waals surface area contributed by atoms with Gasteiger partial charge in [0.2, 0.25) is 0 Å². The lowest BCUT2D eigenvalue weighted by atomic mass is 10.2. The molecule has 1 aromatic carbocycles. The smallest absolute Gasteiger partial charge is 0.322 e. The molecule has 0 saturated carbocycles. The standard InChI is InChI=1S/C13H16ClFN2O2/c1-8-6-17(7-9(2)19-8)13(18)16-10-3-4-12(15)11(14)5-10/h3-5,8-9H,6-7H2,1-2H3,(H,16,18)/t8-,9-/m0/s1. The maximum atomic E-state index is 13.0. The highest BCUT2D eigenvalue weighted by molar-refractivity contribution is 6.31. The fraction of sp³-hybridized carbons (Fsp3) is 0.462. The number of carbonyl (C=O) groups excluding carboxylic acids is 1. The van der Waals surface area contributed by atoms with Crippen LogP contribution in [-0.2, 0) is 4.74 Å². The first-order chi connectivity index (χ1) is 8.95. The maximum absolute atomic E-state index is 13.0. The van der Waals surface area contributed by atoms with E-state index in [-0.39, 0.29) is 23.3 Å². The number of nitrogens with zero attached hydrogens (tertiary/aromatic N) is 1. The number of halogens is 2. The van der Waals surface area contributed by atoms with Crippen molar-refractivity contribution in [3.63, 3.8) is 0 Å². The number of ether oxygens (including phenoxy) is 1. The van der Waals surface area contributed by atoms with E-state index in [9.17, 15) is 9.18 Å². The Morgan fingerprint density at radius 1 is 1.42 bits per heavy atom. The number of hydrogen-bond acceptors (Lipinski definition) is 2. The normalized spacial score (nSPS) is 23.3. The van der Waals surface area contributed by atoms with Gasteiger partial charge >= 0.3 is 6.03 Å². The van der Waals surface area contributed by atoms with Crippen molar-refractivity contribution in [3.8, 4) is 0 Å². The number of nitrogens with one attached hydrogen (secondary N) is 1. The van der Waals surface area contributed by atoms with Gasteiger partial charge in [-0.1, -0.05) is 11.6 Å². The number of amides is 2. The summed E-state index contributed by atoms with van der Waals surface area (Å²) in [5.74, 6) is -0.506. The highest BCUT2D eigenvalue weighted by atomic mass is 35.5. The highest BCUT2D eigenvalue weighted by Crippen LogP contribution is 2.20. The first kappa shape index (κ1) is 14.1. The van der Waals surface area contributed by atoms with Crippen molar-refractivity contribution in [1.82, 2.24) is 4.90 Å². The van der Waals surface area contributed by atoms with Crippen LogP contribution in [0.1, 0.15) is 13.8 Å². The minimum Gasteiger partial charge on any atom is -0.372 e. The van der Waals surface area contributed by atoms with E-state index in [1.165, 1.54) is 18.2 Å². The zero-order valence-corrected chi connectivity index (χ0v) is 11.6. The number of anilines is 1. The third-order valence-electron chi connectivity index (χ3n) is 2.88. The number of benzene rings is 1. The fourth-order valence-corrected chi connectivity index (χ4v) is 2.30. The number of rotatable bonds is 1. The summed E-state index contributed by atoms with van der Waals surface area (Å²) >= 11 is 5.67. The molecule has 104 valence electrons. The molecule has 0 aromatic heterocycles. The molecular weight excluding hydrogens is 271 g/mol. The van der Waals surface area contributed by atoms with Crippen LogP contribution in [0.5, 0.6) is 0 Å². The van der Waals surface area contributed by atoms with Gasteiger partial charge < -0.3 is 15.0 Å². The Bertz CT molecular complexity index is 474. The van der Waals surface area contributed by atoms with Gasteiger partial charge in [-0.05, 0) is 32.0 Å².